The second-order valence-corrected chi connectivity index (χ2v) is 7.96. The third kappa shape index (κ3) is 4.14. The van der Waals surface area contributed by atoms with Crippen LogP contribution in [0.15, 0.2) is 0 Å². The van der Waals surface area contributed by atoms with Gasteiger partial charge in [0.15, 0.2) is 0 Å². The molecule has 0 amide bonds. The van der Waals surface area contributed by atoms with E-state index < -0.39 is 0 Å². The van der Waals surface area contributed by atoms with E-state index in [2.05, 4.69) is 21.6 Å². The molecular formula is C16H31N3OS. The molecule has 0 radical (unpaired) electrons. The number of hydrogen-bond donors (Lipinski definition) is 1. The van der Waals surface area contributed by atoms with Crippen molar-refractivity contribution in [2.75, 3.05) is 57.4 Å². The second kappa shape index (κ2) is 7.64. The molecule has 3 heterocycles. The first kappa shape index (κ1) is 16.1. The van der Waals surface area contributed by atoms with E-state index in [1.165, 1.54) is 76.3 Å². The number of piperazine rings is 1. The first-order valence-electron chi connectivity index (χ1n) is 8.69. The molecule has 21 heavy (non-hydrogen) atoms. The van der Waals surface area contributed by atoms with E-state index in [-0.39, 0.29) is 5.60 Å². The van der Waals surface area contributed by atoms with E-state index in [4.69, 9.17) is 10.5 Å². The van der Waals surface area contributed by atoms with Gasteiger partial charge in [0.2, 0.25) is 0 Å². The monoisotopic (exact) mass is 313 g/mol. The Morgan fingerprint density at radius 3 is 2.76 bits per heavy atom. The van der Waals surface area contributed by atoms with E-state index in [1.807, 2.05) is 0 Å². The lowest BCUT2D eigenvalue weighted by Gasteiger charge is -2.45. The van der Waals surface area contributed by atoms with Gasteiger partial charge < -0.3 is 15.4 Å². The highest BCUT2D eigenvalue weighted by Crippen LogP contribution is 2.39. The Balaban J connectivity index is 1.43. The Kier molecular flexibility index (Phi) is 5.85. The van der Waals surface area contributed by atoms with Gasteiger partial charge in [-0.2, -0.15) is 11.8 Å². The van der Waals surface area contributed by atoms with Crippen molar-refractivity contribution in [1.82, 2.24) is 9.80 Å². The van der Waals surface area contributed by atoms with E-state index >= 15 is 0 Å². The number of nitrogens with two attached hydrogens (primary N) is 1. The molecule has 0 aromatic rings. The number of nitrogens with zero attached hydrogens (tertiary/aromatic N) is 2. The van der Waals surface area contributed by atoms with Crippen LogP contribution in [0.25, 0.3) is 0 Å². The van der Waals surface area contributed by atoms with Gasteiger partial charge in [0.25, 0.3) is 0 Å². The molecule has 0 saturated carbocycles. The van der Waals surface area contributed by atoms with Crippen molar-refractivity contribution in [3.63, 3.8) is 0 Å². The lowest BCUT2D eigenvalue weighted by molar-refractivity contribution is -0.0940. The fraction of sp³-hybridized carbons (Fsp3) is 1.00. The van der Waals surface area contributed by atoms with E-state index in [0.717, 1.165) is 19.2 Å². The third-order valence-corrected chi connectivity index (χ3v) is 6.61. The Morgan fingerprint density at radius 2 is 2.05 bits per heavy atom. The molecule has 5 heteroatoms. The molecule has 122 valence electrons. The van der Waals surface area contributed by atoms with Crippen molar-refractivity contribution >= 4 is 11.8 Å². The highest BCUT2D eigenvalue weighted by molar-refractivity contribution is 7.99. The fourth-order valence-electron chi connectivity index (χ4n) is 4.01. The Labute approximate surface area is 133 Å². The summed E-state index contributed by atoms with van der Waals surface area (Å²) in [6.07, 6.45) is 6.20. The molecule has 0 bridgehead atoms. The van der Waals surface area contributed by atoms with Crippen molar-refractivity contribution in [3.05, 3.63) is 0 Å². The van der Waals surface area contributed by atoms with Crippen molar-refractivity contribution in [3.8, 4) is 0 Å². The molecule has 3 rings (SSSR count). The molecule has 4 nitrogen and oxygen atoms in total. The SMILES string of the molecule is NCCCCN1CCN(C2CCOC3(CCSC3)C2)CC1. The first-order valence-corrected chi connectivity index (χ1v) is 9.85. The molecule has 2 N–H and O–H groups in total. The van der Waals surface area contributed by atoms with Gasteiger partial charge in [-0.15, -0.1) is 0 Å². The van der Waals surface area contributed by atoms with Gasteiger partial charge in [-0.05, 0) is 50.9 Å². The summed E-state index contributed by atoms with van der Waals surface area (Å²) in [6, 6.07) is 0.767. The number of thioether (sulfide) groups is 1. The summed E-state index contributed by atoms with van der Waals surface area (Å²) in [5.74, 6) is 2.52. The predicted molar refractivity (Wildman–Crippen MR) is 89.9 cm³/mol. The minimum Gasteiger partial charge on any atom is -0.374 e. The topological polar surface area (TPSA) is 41.7 Å². The van der Waals surface area contributed by atoms with Crippen LogP contribution in [-0.4, -0.2) is 78.8 Å². The minimum absolute atomic E-state index is 0.228. The van der Waals surface area contributed by atoms with E-state index in [1.54, 1.807) is 0 Å². The smallest absolute Gasteiger partial charge is 0.0795 e. The third-order valence-electron chi connectivity index (χ3n) is 5.39. The van der Waals surface area contributed by atoms with Crippen LogP contribution in [0.3, 0.4) is 0 Å². The first-order chi connectivity index (χ1) is 10.3. The zero-order valence-electron chi connectivity index (χ0n) is 13.3. The Morgan fingerprint density at radius 1 is 1.19 bits per heavy atom. The number of rotatable bonds is 5. The number of ether oxygens (including phenoxy) is 1. The summed E-state index contributed by atoms with van der Waals surface area (Å²) in [7, 11) is 0. The van der Waals surface area contributed by atoms with Gasteiger partial charge in [0.1, 0.15) is 0 Å². The quantitative estimate of drug-likeness (QED) is 0.777. The van der Waals surface area contributed by atoms with Crippen LogP contribution >= 0.6 is 11.8 Å². The molecule has 0 aromatic carbocycles. The Bertz CT molecular complexity index is 315. The predicted octanol–water partition coefficient (Wildman–Crippen LogP) is 1.40. The van der Waals surface area contributed by atoms with Gasteiger partial charge in [0.05, 0.1) is 5.60 Å². The summed E-state index contributed by atoms with van der Waals surface area (Å²) in [5, 5.41) is 0. The van der Waals surface area contributed by atoms with Gasteiger partial charge >= 0.3 is 0 Å². The van der Waals surface area contributed by atoms with Crippen LogP contribution in [0.2, 0.25) is 0 Å². The molecular weight excluding hydrogens is 282 g/mol. The maximum absolute atomic E-state index is 6.16. The molecule has 3 aliphatic heterocycles. The van der Waals surface area contributed by atoms with E-state index in [9.17, 15) is 0 Å². The maximum atomic E-state index is 6.16. The second-order valence-electron chi connectivity index (χ2n) is 6.85. The van der Waals surface area contributed by atoms with Crippen LogP contribution in [0.4, 0.5) is 0 Å². The molecule has 0 aromatic heterocycles. The fourth-order valence-corrected chi connectivity index (χ4v) is 5.39. The van der Waals surface area contributed by atoms with Gasteiger partial charge in [-0.1, -0.05) is 0 Å². The lowest BCUT2D eigenvalue weighted by atomic mass is 9.88. The zero-order valence-corrected chi connectivity index (χ0v) is 14.1. The molecule has 3 fully saturated rings. The minimum atomic E-state index is 0.228. The summed E-state index contributed by atoms with van der Waals surface area (Å²) in [6.45, 7) is 8.02. The summed E-state index contributed by atoms with van der Waals surface area (Å²) in [4.78, 5) is 5.36. The van der Waals surface area contributed by atoms with Crippen LogP contribution < -0.4 is 5.73 Å². The Hall–Kier alpha value is 0.190. The van der Waals surface area contributed by atoms with Crippen LogP contribution in [0.5, 0.6) is 0 Å². The number of unbranched alkanes of at least 4 members (excludes halogenated alkanes) is 1. The van der Waals surface area contributed by atoms with Crippen LogP contribution in [0.1, 0.15) is 32.1 Å². The van der Waals surface area contributed by atoms with Crippen LogP contribution in [-0.2, 0) is 4.74 Å². The lowest BCUT2D eigenvalue weighted by Crippen LogP contribution is -2.55. The standard InChI is InChI=1S/C16H31N3OS/c17-5-1-2-6-18-7-9-19(10-8-18)15-3-11-20-16(13-15)4-12-21-14-16/h15H,1-14,17H2. The van der Waals surface area contributed by atoms with Crippen LogP contribution in [0, 0.1) is 0 Å². The molecule has 2 unspecified atom stereocenters. The summed E-state index contributed by atoms with van der Waals surface area (Å²) < 4.78 is 6.16. The van der Waals surface area contributed by atoms with Crippen molar-refractivity contribution < 1.29 is 4.74 Å². The molecule has 3 saturated heterocycles. The molecule has 0 aliphatic carbocycles. The van der Waals surface area contributed by atoms with Crippen molar-refractivity contribution in [2.45, 2.75) is 43.7 Å². The molecule has 3 aliphatic rings. The normalized spacial score (nSPS) is 35.6. The van der Waals surface area contributed by atoms with Crippen molar-refractivity contribution in [1.29, 1.82) is 0 Å². The van der Waals surface area contributed by atoms with Gasteiger partial charge in [0, 0.05) is 44.6 Å². The summed E-state index contributed by atoms with van der Waals surface area (Å²) >= 11 is 2.08. The largest absolute Gasteiger partial charge is 0.374 e. The average molecular weight is 314 g/mol. The van der Waals surface area contributed by atoms with Gasteiger partial charge in [-0.3, -0.25) is 4.90 Å². The summed E-state index contributed by atoms with van der Waals surface area (Å²) in [5.41, 5.74) is 5.81. The highest BCUT2D eigenvalue weighted by Gasteiger charge is 2.42. The zero-order chi connectivity index (χ0) is 14.5. The highest BCUT2D eigenvalue weighted by atomic mass is 32.2. The maximum Gasteiger partial charge on any atom is 0.0795 e. The van der Waals surface area contributed by atoms with Crippen molar-refractivity contribution in [2.24, 2.45) is 5.73 Å². The van der Waals surface area contributed by atoms with E-state index in [0.29, 0.717) is 0 Å². The van der Waals surface area contributed by atoms with Gasteiger partial charge in [-0.25, -0.2) is 0 Å². The molecule has 2 atom stereocenters. The average Bonchev–Trinajstić information content (AvgIpc) is 2.96. The number of hydrogen-bond acceptors (Lipinski definition) is 5. The molecule has 1 spiro atoms.